The minimum atomic E-state index is 0.471. The molecule has 0 amide bonds. The van der Waals surface area contributed by atoms with Crippen molar-refractivity contribution in [3.8, 4) is 11.5 Å². The minimum absolute atomic E-state index is 0.471. The number of nitrogens with one attached hydrogen (secondary N) is 1. The number of ether oxygens (including phenoxy) is 1. The molecule has 1 aromatic rings. The summed E-state index contributed by atoms with van der Waals surface area (Å²) >= 11 is 12.5. The van der Waals surface area contributed by atoms with Crippen LogP contribution in [-0.4, -0.2) is 39.8 Å². The molecule has 0 fully saturated rings. The van der Waals surface area contributed by atoms with Crippen molar-refractivity contribution < 1.29 is 4.74 Å². The monoisotopic (exact) mass is 351 g/mol. The molecule has 1 aromatic carbocycles. The molecule has 2 heterocycles. The predicted molar refractivity (Wildman–Crippen MR) is 90.4 cm³/mol. The second-order valence-corrected chi connectivity index (χ2v) is 5.70. The van der Waals surface area contributed by atoms with Gasteiger partial charge in [-0.2, -0.15) is 0 Å². The van der Waals surface area contributed by atoms with E-state index in [2.05, 4.69) is 20.3 Å². The lowest BCUT2D eigenvalue weighted by Gasteiger charge is -2.15. The maximum Gasteiger partial charge on any atom is 0.165 e. The highest BCUT2D eigenvalue weighted by molar-refractivity contribution is 6.35. The third-order valence-corrected chi connectivity index (χ3v) is 4.10. The van der Waals surface area contributed by atoms with Gasteiger partial charge in [-0.15, -0.1) is 0 Å². The number of methoxy groups -OCH3 is 1. The summed E-state index contributed by atoms with van der Waals surface area (Å²) in [5.74, 6) is 1.40. The molecule has 1 N–H and O–H groups in total. The molecular formula is C15H15Cl2N5O. The van der Waals surface area contributed by atoms with Crippen LogP contribution in [0.2, 0.25) is 10.0 Å². The van der Waals surface area contributed by atoms with Gasteiger partial charge in [0.05, 0.1) is 19.5 Å². The van der Waals surface area contributed by atoms with Crippen LogP contribution in [0.3, 0.4) is 0 Å². The number of aromatic nitrogens is 4. The van der Waals surface area contributed by atoms with Crippen molar-refractivity contribution in [2.75, 3.05) is 25.6 Å². The van der Waals surface area contributed by atoms with Crippen LogP contribution in [0.15, 0.2) is 30.9 Å². The fourth-order valence-corrected chi connectivity index (χ4v) is 2.77. The number of imidazole rings is 1. The standard InChI is InChI=1S/C15H15Cl2N5O/c1-23-6-5-18-14-13-15(20-8-19-13)22(9-21-14)7-10-11(16)3-2-4-12(10)17/h2-4,8-9,18H,5-7H2,1H3. The Morgan fingerprint density at radius 1 is 1.17 bits per heavy atom. The smallest absolute Gasteiger partial charge is 0.165 e. The summed E-state index contributed by atoms with van der Waals surface area (Å²) < 4.78 is 6.90. The first kappa shape index (κ1) is 16.0. The number of hydrogen-bond donors (Lipinski definition) is 1. The Bertz CT molecular complexity index is 756. The second-order valence-electron chi connectivity index (χ2n) is 4.89. The van der Waals surface area contributed by atoms with E-state index < -0.39 is 0 Å². The van der Waals surface area contributed by atoms with Crippen molar-refractivity contribution in [3.05, 3.63) is 46.5 Å². The lowest BCUT2D eigenvalue weighted by atomic mass is 10.2. The first-order chi connectivity index (χ1) is 11.2. The summed E-state index contributed by atoms with van der Waals surface area (Å²) in [6.07, 6.45) is 3.21. The van der Waals surface area contributed by atoms with Crippen LogP contribution in [0.4, 0.5) is 5.82 Å². The van der Waals surface area contributed by atoms with Gasteiger partial charge in [0.2, 0.25) is 0 Å². The molecule has 0 bridgehead atoms. The zero-order valence-electron chi connectivity index (χ0n) is 12.5. The fraction of sp³-hybridized carbons (Fsp3) is 0.267. The molecule has 0 spiro atoms. The fourth-order valence-electron chi connectivity index (χ4n) is 2.25. The number of anilines is 1. The predicted octanol–water partition coefficient (Wildman–Crippen LogP) is 3.19. The van der Waals surface area contributed by atoms with Gasteiger partial charge in [-0.3, -0.25) is 0 Å². The Balaban J connectivity index is 1.91. The van der Waals surface area contributed by atoms with E-state index in [1.807, 2.05) is 22.8 Å². The first-order valence-electron chi connectivity index (χ1n) is 7.02. The SMILES string of the molecule is COCCNc1ncn(Cc2c(Cl)cccc2Cl)c2ncnc1-2. The molecule has 0 atom stereocenters. The lowest BCUT2D eigenvalue weighted by Crippen LogP contribution is -2.14. The van der Waals surface area contributed by atoms with Gasteiger partial charge in [-0.05, 0) is 12.1 Å². The van der Waals surface area contributed by atoms with Crippen molar-refractivity contribution in [3.63, 3.8) is 0 Å². The number of benzene rings is 1. The molecule has 6 nitrogen and oxygen atoms in total. The Kier molecular flexibility index (Phi) is 4.95. The van der Waals surface area contributed by atoms with Crippen LogP contribution in [0.1, 0.15) is 5.56 Å². The van der Waals surface area contributed by atoms with Crippen LogP contribution in [0.25, 0.3) is 11.5 Å². The largest absolute Gasteiger partial charge is 0.383 e. The average Bonchev–Trinajstić information content (AvgIpc) is 3.03. The highest BCUT2D eigenvalue weighted by atomic mass is 35.5. The summed E-state index contributed by atoms with van der Waals surface area (Å²) in [6.45, 7) is 1.70. The molecule has 8 heteroatoms. The van der Waals surface area contributed by atoms with Gasteiger partial charge in [-0.25, -0.2) is 15.0 Å². The highest BCUT2D eigenvalue weighted by Crippen LogP contribution is 2.29. The van der Waals surface area contributed by atoms with Gasteiger partial charge >= 0.3 is 0 Å². The number of halogens is 2. The van der Waals surface area contributed by atoms with Gasteiger partial charge in [0.25, 0.3) is 0 Å². The molecule has 0 radical (unpaired) electrons. The van der Waals surface area contributed by atoms with E-state index in [-0.39, 0.29) is 0 Å². The van der Waals surface area contributed by atoms with Crippen LogP contribution in [0.5, 0.6) is 0 Å². The van der Waals surface area contributed by atoms with E-state index in [9.17, 15) is 0 Å². The zero-order chi connectivity index (χ0) is 16.2. The number of hydrogen-bond acceptors (Lipinski definition) is 5. The van der Waals surface area contributed by atoms with Gasteiger partial charge in [0, 0.05) is 29.3 Å². The normalized spacial score (nSPS) is 11.1. The first-order valence-corrected chi connectivity index (χ1v) is 7.78. The molecule has 0 saturated heterocycles. The molecule has 0 aromatic heterocycles. The Hall–Kier alpha value is -1.89. The minimum Gasteiger partial charge on any atom is -0.383 e. The Morgan fingerprint density at radius 3 is 2.70 bits per heavy atom. The van der Waals surface area contributed by atoms with Crippen molar-refractivity contribution in [2.24, 2.45) is 0 Å². The molecule has 0 unspecified atom stereocenters. The average molecular weight is 352 g/mol. The maximum atomic E-state index is 6.24. The lowest BCUT2D eigenvalue weighted by molar-refractivity contribution is 0.210. The zero-order valence-corrected chi connectivity index (χ0v) is 14.0. The van der Waals surface area contributed by atoms with E-state index in [0.29, 0.717) is 41.3 Å². The van der Waals surface area contributed by atoms with E-state index in [1.165, 1.54) is 6.33 Å². The van der Waals surface area contributed by atoms with Crippen LogP contribution in [-0.2, 0) is 11.3 Å². The van der Waals surface area contributed by atoms with E-state index in [0.717, 1.165) is 11.4 Å². The third kappa shape index (κ3) is 3.39. The van der Waals surface area contributed by atoms with Crippen molar-refractivity contribution in [2.45, 2.75) is 6.54 Å². The molecule has 3 rings (SSSR count). The van der Waals surface area contributed by atoms with E-state index in [4.69, 9.17) is 27.9 Å². The van der Waals surface area contributed by atoms with Crippen LogP contribution in [0, 0.1) is 0 Å². The van der Waals surface area contributed by atoms with Gasteiger partial charge in [-0.1, -0.05) is 29.3 Å². The summed E-state index contributed by atoms with van der Waals surface area (Å²) in [7, 11) is 1.65. The van der Waals surface area contributed by atoms with Crippen molar-refractivity contribution >= 4 is 29.0 Å². The number of fused-ring (bicyclic) bond motifs is 1. The maximum absolute atomic E-state index is 6.24. The van der Waals surface area contributed by atoms with Gasteiger partial charge in [0.15, 0.2) is 17.3 Å². The summed E-state index contributed by atoms with van der Waals surface area (Å²) in [4.78, 5) is 13.0. The molecule has 23 heavy (non-hydrogen) atoms. The summed E-state index contributed by atoms with van der Waals surface area (Å²) in [6, 6.07) is 5.44. The van der Waals surface area contributed by atoms with E-state index in [1.54, 1.807) is 13.4 Å². The molecule has 2 aliphatic heterocycles. The topological polar surface area (TPSA) is 64.9 Å². The summed E-state index contributed by atoms with van der Waals surface area (Å²) in [5.41, 5.74) is 1.53. The number of nitrogens with zero attached hydrogens (tertiary/aromatic N) is 4. The molecule has 0 saturated carbocycles. The highest BCUT2D eigenvalue weighted by Gasteiger charge is 2.18. The molecule has 120 valence electrons. The van der Waals surface area contributed by atoms with Crippen LogP contribution < -0.4 is 5.32 Å². The molecule has 0 aliphatic carbocycles. The van der Waals surface area contributed by atoms with Gasteiger partial charge in [0.1, 0.15) is 6.33 Å². The second kappa shape index (κ2) is 7.12. The third-order valence-electron chi connectivity index (χ3n) is 3.39. The van der Waals surface area contributed by atoms with Crippen LogP contribution >= 0.6 is 23.2 Å². The molecule has 2 aliphatic rings. The van der Waals surface area contributed by atoms with E-state index >= 15 is 0 Å². The Morgan fingerprint density at radius 2 is 1.96 bits per heavy atom. The van der Waals surface area contributed by atoms with Crippen molar-refractivity contribution in [1.29, 1.82) is 0 Å². The number of rotatable bonds is 6. The Labute approximate surface area is 143 Å². The summed E-state index contributed by atoms with van der Waals surface area (Å²) in [5, 5.41) is 4.41. The van der Waals surface area contributed by atoms with Crippen molar-refractivity contribution in [1.82, 2.24) is 19.5 Å². The molecular weight excluding hydrogens is 337 g/mol. The quantitative estimate of drug-likeness (QED) is 0.691. The van der Waals surface area contributed by atoms with Gasteiger partial charge < -0.3 is 14.6 Å².